The van der Waals surface area contributed by atoms with Gasteiger partial charge in [-0.1, -0.05) is 6.92 Å². The number of amides is 1. The lowest BCUT2D eigenvalue weighted by molar-refractivity contribution is -0.132. The van der Waals surface area contributed by atoms with Gasteiger partial charge in [0, 0.05) is 18.3 Å². The van der Waals surface area contributed by atoms with Gasteiger partial charge in [0.05, 0.1) is 6.04 Å². The highest BCUT2D eigenvalue weighted by Gasteiger charge is 2.30. The summed E-state index contributed by atoms with van der Waals surface area (Å²) >= 11 is 2.01. The fourth-order valence-electron chi connectivity index (χ4n) is 2.16. The van der Waals surface area contributed by atoms with Crippen LogP contribution in [-0.4, -0.2) is 40.9 Å². The van der Waals surface area contributed by atoms with Gasteiger partial charge in [0.25, 0.3) is 0 Å². The second-order valence-electron chi connectivity index (χ2n) is 4.28. The first-order valence-corrected chi connectivity index (χ1v) is 6.75. The Bertz CT molecular complexity index is 221. The van der Waals surface area contributed by atoms with Crippen LogP contribution in [0.3, 0.4) is 0 Å². The maximum atomic E-state index is 11.7. The van der Waals surface area contributed by atoms with Gasteiger partial charge in [0.2, 0.25) is 5.91 Å². The molecule has 0 radical (unpaired) electrons. The molecule has 1 rings (SSSR count). The largest absolute Gasteiger partial charge is 0.341 e. The fourth-order valence-corrected chi connectivity index (χ4v) is 3.29. The van der Waals surface area contributed by atoms with Crippen molar-refractivity contribution in [3.8, 4) is 0 Å². The summed E-state index contributed by atoms with van der Waals surface area (Å²) in [4.78, 5) is 13.5. The molecule has 1 amide bonds. The van der Waals surface area contributed by atoms with Crippen LogP contribution in [0.2, 0.25) is 0 Å². The van der Waals surface area contributed by atoms with Crippen molar-refractivity contribution in [2.24, 2.45) is 5.73 Å². The molecule has 3 atom stereocenters. The Morgan fingerprint density at radius 1 is 1.60 bits per heavy atom. The van der Waals surface area contributed by atoms with E-state index < -0.39 is 0 Å². The summed E-state index contributed by atoms with van der Waals surface area (Å²) in [5.41, 5.74) is 5.60. The predicted octanol–water partition coefficient (Wildman–Crippen LogP) is 1.47. The minimum absolute atomic E-state index is 0.0714. The lowest BCUT2D eigenvalue weighted by atomic mass is 10.2. The molecule has 1 saturated carbocycles. The molecule has 1 fully saturated rings. The summed E-state index contributed by atoms with van der Waals surface area (Å²) in [6, 6.07) is 0.0421. The molecule has 3 nitrogen and oxygen atoms in total. The molecule has 0 heterocycles. The lowest BCUT2D eigenvalue weighted by Crippen LogP contribution is -2.44. The number of rotatable bonds is 4. The van der Waals surface area contributed by atoms with Crippen LogP contribution in [0.4, 0.5) is 0 Å². The lowest BCUT2D eigenvalue weighted by Gasteiger charge is -2.26. The van der Waals surface area contributed by atoms with Gasteiger partial charge in [-0.3, -0.25) is 4.79 Å². The van der Waals surface area contributed by atoms with E-state index >= 15 is 0 Å². The molecule has 0 spiro atoms. The highest BCUT2D eigenvalue weighted by atomic mass is 32.2. The second kappa shape index (κ2) is 5.75. The van der Waals surface area contributed by atoms with Crippen molar-refractivity contribution in [3.63, 3.8) is 0 Å². The summed E-state index contributed by atoms with van der Waals surface area (Å²) in [6.45, 7) is 3.95. The number of carbonyl (C=O) groups is 1. The van der Waals surface area contributed by atoms with E-state index in [0.717, 1.165) is 18.1 Å². The Kier molecular flexibility index (Phi) is 4.93. The monoisotopic (exact) mass is 230 g/mol. The molecule has 2 unspecified atom stereocenters. The van der Waals surface area contributed by atoms with Crippen molar-refractivity contribution in [1.82, 2.24) is 4.90 Å². The van der Waals surface area contributed by atoms with E-state index in [2.05, 4.69) is 6.92 Å². The summed E-state index contributed by atoms with van der Waals surface area (Å²) in [6.07, 6.45) is 3.50. The van der Waals surface area contributed by atoms with Crippen molar-refractivity contribution in [2.45, 2.75) is 50.4 Å². The van der Waals surface area contributed by atoms with Gasteiger partial charge in [-0.2, -0.15) is 11.8 Å². The summed E-state index contributed by atoms with van der Waals surface area (Å²) in [5.74, 6) is 1.24. The molecule has 0 bridgehead atoms. The Morgan fingerprint density at radius 2 is 2.27 bits per heavy atom. The quantitative estimate of drug-likeness (QED) is 0.795. The minimum Gasteiger partial charge on any atom is -0.341 e. The molecule has 1 aliphatic carbocycles. The highest BCUT2D eigenvalue weighted by molar-refractivity contribution is 7.99. The van der Waals surface area contributed by atoms with Crippen LogP contribution < -0.4 is 5.73 Å². The molecule has 0 aromatic carbocycles. The van der Waals surface area contributed by atoms with Gasteiger partial charge in [0.15, 0.2) is 0 Å². The molecule has 88 valence electrons. The van der Waals surface area contributed by atoms with Crippen LogP contribution in [0, 0.1) is 0 Å². The number of nitrogens with zero attached hydrogens (tertiary/aromatic N) is 1. The van der Waals surface area contributed by atoms with Gasteiger partial charge >= 0.3 is 0 Å². The smallest absolute Gasteiger partial charge is 0.239 e. The van der Waals surface area contributed by atoms with Gasteiger partial charge in [-0.25, -0.2) is 0 Å². The molecule has 0 aromatic rings. The van der Waals surface area contributed by atoms with E-state index in [-0.39, 0.29) is 11.9 Å². The number of thioether (sulfide) groups is 1. The van der Waals surface area contributed by atoms with E-state index in [0.29, 0.717) is 6.04 Å². The normalized spacial score (nSPS) is 27.7. The topological polar surface area (TPSA) is 46.3 Å². The SMILES string of the molecule is CCSC1CCC(N(C)C(=O)[C@@H](C)N)C1. The van der Waals surface area contributed by atoms with Crippen molar-refractivity contribution < 1.29 is 4.79 Å². The molecular formula is C11H22N2OS. The van der Waals surface area contributed by atoms with Gasteiger partial charge in [0.1, 0.15) is 0 Å². The third-order valence-electron chi connectivity index (χ3n) is 3.04. The zero-order chi connectivity index (χ0) is 11.4. The Hall–Kier alpha value is -0.220. The fraction of sp³-hybridized carbons (Fsp3) is 0.909. The molecule has 0 aliphatic heterocycles. The van der Waals surface area contributed by atoms with Gasteiger partial charge < -0.3 is 10.6 Å². The summed E-state index contributed by atoms with van der Waals surface area (Å²) < 4.78 is 0. The summed E-state index contributed by atoms with van der Waals surface area (Å²) in [7, 11) is 1.88. The van der Waals surface area contributed by atoms with Crippen LogP contribution >= 0.6 is 11.8 Å². The number of nitrogens with two attached hydrogens (primary N) is 1. The predicted molar refractivity (Wildman–Crippen MR) is 66.0 cm³/mol. The van der Waals surface area contributed by atoms with Crippen LogP contribution in [-0.2, 0) is 4.79 Å². The third-order valence-corrected chi connectivity index (χ3v) is 4.28. The molecule has 0 saturated heterocycles. The molecule has 0 aromatic heterocycles. The Morgan fingerprint density at radius 3 is 2.80 bits per heavy atom. The summed E-state index contributed by atoms with van der Waals surface area (Å²) in [5, 5.41) is 0.739. The van der Waals surface area contributed by atoms with Crippen molar-refractivity contribution in [1.29, 1.82) is 0 Å². The standard InChI is InChI=1S/C11H22N2OS/c1-4-15-10-6-5-9(7-10)13(3)11(14)8(2)12/h8-10H,4-7,12H2,1-3H3/t8-,9?,10?/m1/s1. The van der Waals surface area contributed by atoms with E-state index in [9.17, 15) is 4.79 Å². The van der Waals surface area contributed by atoms with Crippen LogP contribution in [0.5, 0.6) is 0 Å². The molecule has 15 heavy (non-hydrogen) atoms. The van der Waals surface area contributed by atoms with Crippen molar-refractivity contribution in [3.05, 3.63) is 0 Å². The van der Waals surface area contributed by atoms with E-state index in [1.807, 2.05) is 23.7 Å². The van der Waals surface area contributed by atoms with Crippen molar-refractivity contribution in [2.75, 3.05) is 12.8 Å². The number of hydrogen-bond donors (Lipinski definition) is 1. The number of hydrogen-bond acceptors (Lipinski definition) is 3. The number of carbonyl (C=O) groups excluding carboxylic acids is 1. The molecule has 2 N–H and O–H groups in total. The highest BCUT2D eigenvalue weighted by Crippen LogP contribution is 2.32. The first-order chi connectivity index (χ1) is 7.06. The first-order valence-electron chi connectivity index (χ1n) is 5.70. The Labute approximate surface area is 96.8 Å². The van der Waals surface area contributed by atoms with Gasteiger partial charge in [-0.15, -0.1) is 0 Å². The van der Waals surface area contributed by atoms with Crippen LogP contribution in [0.25, 0.3) is 0 Å². The van der Waals surface area contributed by atoms with E-state index in [1.165, 1.54) is 12.2 Å². The maximum Gasteiger partial charge on any atom is 0.239 e. The van der Waals surface area contributed by atoms with E-state index in [4.69, 9.17) is 5.73 Å². The van der Waals surface area contributed by atoms with Crippen molar-refractivity contribution >= 4 is 17.7 Å². The second-order valence-corrected chi connectivity index (χ2v) is 5.86. The Balaban J connectivity index is 2.42. The maximum absolute atomic E-state index is 11.7. The zero-order valence-electron chi connectivity index (χ0n) is 9.90. The minimum atomic E-state index is -0.368. The van der Waals surface area contributed by atoms with Crippen LogP contribution in [0.15, 0.2) is 0 Å². The molecule has 1 aliphatic rings. The first kappa shape index (κ1) is 12.8. The molecule has 4 heteroatoms. The van der Waals surface area contributed by atoms with Crippen LogP contribution in [0.1, 0.15) is 33.1 Å². The van der Waals surface area contributed by atoms with Gasteiger partial charge in [-0.05, 0) is 31.9 Å². The average molecular weight is 230 g/mol. The third kappa shape index (κ3) is 3.38. The molecular weight excluding hydrogens is 208 g/mol. The van der Waals surface area contributed by atoms with E-state index in [1.54, 1.807) is 6.92 Å². The average Bonchev–Trinajstić information content (AvgIpc) is 2.64. The zero-order valence-corrected chi connectivity index (χ0v) is 10.7. The number of likely N-dealkylation sites (N-methyl/N-ethyl adjacent to an activating group) is 1.